The predicted molar refractivity (Wildman–Crippen MR) is 80.4 cm³/mol. The van der Waals surface area contributed by atoms with Gasteiger partial charge in [-0.2, -0.15) is 0 Å². The average molecular weight is 352 g/mol. The van der Waals surface area contributed by atoms with Gasteiger partial charge in [0.1, 0.15) is 4.90 Å². The molecule has 1 N–H and O–H groups in total. The monoisotopic (exact) mass is 351 g/mol. The number of sulfonamides is 1. The molecule has 0 unspecified atom stereocenters. The molecule has 1 aliphatic carbocycles. The smallest absolute Gasteiger partial charge is 0.339 e. The van der Waals surface area contributed by atoms with E-state index in [9.17, 15) is 13.2 Å². The molecule has 5 nitrogen and oxygen atoms in total. The molecule has 116 valence electrons. The van der Waals surface area contributed by atoms with Crippen LogP contribution in [0.3, 0.4) is 0 Å². The lowest BCUT2D eigenvalue weighted by molar-refractivity contribution is 0.0378. The number of rotatable bonds is 5. The van der Waals surface area contributed by atoms with Crippen LogP contribution < -0.4 is 4.72 Å². The van der Waals surface area contributed by atoms with Crippen LogP contribution in [0.25, 0.3) is 0 Å². The van der Waals surface area contributed by atoms with Gasteiger partial charge in [-0.25, -0.2) is 17.9 Å². The molecule has 0 heterocycles. The van der Waals surface area contributed by atoms with Gasteiger partial charge >= 0.3 is 5.97 Å². The second-order valence-corrected chi connectivity index (χ2v) is 7.61. The normalized spacial score (nSPS) is 15.3. The molecule has 1 fully saturated rings. The van der Waals surface area contributed by atoms with Crippen molar-refractivity contribution in [2.75, 3.05) is 0 Å². The Morgan fingerprint density at radius 2 is 1.90 bits per heavy atom. The van der Waals surface area contributed by atoms with Gasteiger partial charge in [0.25, 0.3) is 0 Å². The number of halogens is 2. The summed E-state index contributed by atoms with van der Waals surface area (Å²) in [5.41, 5.74) is -0.0223. The zero-order valence-corrected chi connectivity index (χ0v) is 13.8. The van der Waals surface area contributed by atoms with Gasteiger partial charge in [0, 0.05) is 6.04 Å². The predicted octanol–water partition coefficient (Wildman–Crippen LogP) is 3.00. The zero-order valence-electron chi connectivity index (χ0n) is 11.5. The molecule has 21 heavy (non-hydrogen) atoms. The SMILES string of the molecule is CC(C)OC(=O)c1cc(S(=O)(=O)NC2CC2)c(Cl)cc1Cl. The molecule has 0 radical (unpaired) electrons. The van der Waals surface area contributed by atoms with E-state index < -0.39 is 16.0 Å². The lowest BCUT2D eigenvalue weighted by Crippen LogP contribution is -2.26. The van der Waals surface area contributed by atoms with Gasteiger partial charge in [-0.3, -0.25) is 0 Å². The van der Waals surface area contributed by atoms with E-state index in [2.05, 4.69) is 4.72 Å². The standard InChI is InChI=1S/C13H15Cl2NO4S/c1-7(2)20-13(17)9-5-12(11(15)6-10(9)14)21(18,19)16-8-3-4-8/h5-8,16H,3-4H2,1-2H3. The highest BCUT2D eigenvalue weighted by Gasteiger charge is 2.30. The van der Waals surface area contributed by atoms with Gasteiger partial charge in [0.2, 0.25) is 10.0 Å². The van der Waals surface area contributed by atoms with Crippen molar-refractivity contribution in [3.63, 3.8) is 0 Å². The van der Waals surface area contributed by atoms with E-state index >= 15 is 0 Å². The van der Waals surface area contributed by atoms with Crippen LogP contribution in [0, 0.1) is 0 Å². The van der Waals surface area contributed by atoms with Crippen LogP contribution in [0.1, 0.15) is 37.0 Å². The fourth-order valence-electron chi connectivity index (χ4n) is 1.65. The van der Waals surface area contributed by atoms with Crippen molar-refractivity contribution in [3.05, 3.63) is 27.7 Å². The fraction of sp³-hybridized carbons (Fsp3) is 0.462. The van der Waals surface area contributed by atoms with Crippen molar-refractivity contribution >= 4 is 39.2 Å². The van der Waals surface area contributed by atoms with Crippen molar-refractivity contribution in [1.29, 1.82) is 0 Å². The number of hydrogen-bond acceptors (Lipinski definition) is 4. The lowest BCUT2D eigenvalue weighted by Gasteiger charge is -2.12. The molecule has 0 spiro atoms. The maximum atomic E-state index is 12.2. The Morgan fingerprint density at radius 3 is 2.43 bits per heavy atom. The first-order valence-corrected chi connectivity index (χ1v) is 8.67. The average Bonchev–Trinajstić information content (AvgIpc) is 3.10. The largest absolute Gasteiger partial charge is 0.459 e. The Kier molecular flexibility index (Phi) is 4.82. The minimum absolute atomic E-state index is 0.0223. The maximum Gasteiger partial charge on any atom is 0.339 e. The number of benzene rings is 1. The third-order valence-corrected chi connectivity index (χ3v) is 5.07. The summed E-state index contributed by atoms with van der Waals surface area (Å²) in [4.78, 5) is 11.8. The van der Waals surface area contributed by atoms with Crippen LogP contribution in [-0.4, -0.2) is 26.5 Å². The minimum atomic E-state index is -3.78. The highest BCUT2D eigenvalue weighted by molar-refractivity contribution is 7.89. The van der Waals surface area contributed by atoms with Crippen LogP contribution in [-0.2, 0) is 14.8 Å². The van der Waals surface area contributed by atoms with Gasteiger partial charge in [0.05, 0.1) is 21.7 Å². The molecule has 0 aromatic heterocycles. The number of ether oxygens (including phenoxy) is 1. The van der Waals surface area contributed by atoms with Gasteiger partial charge in [0.15, 0.2) is 0 Å². The minimum Gasteiger partial charge on any atom is -0.459 e. The Labute approximate surface area is 133 Å². The number of esters is 1. The molecule has 2 rings (SSSR count). The molecule has 0 atom stereocenters. The second kappa shape index (κ2) is 6.12. The first-order valence-electron chi connectivity index (χ1n) is 6.43. The van der Waals surface area contributed by atoms with Gasteiger partial charge < -0.3 is 4.74 Å². The first kappa shape index (κ1) is 16.5. The summed E-state index contributed by atoms with van der Waals surface area (Å²) in [7, 11) is -3.78. The highest BCUT2D eigenvalue weighted by atomic mass is 35.5. The quantitative estimate of drug-likeness (QED) is 0.827. The summed E-state index contributed by atoms with van der Waals surface area (Å²) in [6.07, 6.45) is 1.26. The van der Waals surface area contributed by atoms with Crippen molar-refractivity contribution < 1.29 is 17.9 Å². The molecule has 0 saturated heterocycles. The summed E-state index contributed by atoms with van der Waals surface area (Å²) in [6.45, 7) is 3.38. The van der Waals surface area contributed by atoms with Gasteiger partial charge in [-0.1, -0.05) is 23.2 Å². The topological polar surface area (TPSA) is 72.5 Å². The fourth-order valence-corrected chi connectivity index (χ4v) is 3.81. The lowest BCUT2D eigenvalue weighted by atomic mass is 10.2. The number of carbonyl (C=O) groups is 1. The van der Waals surface area contributed by atoms with Crippen molar-refractivity contribution in [3.8, 4) is 0 Å². The Balaban J connectivity index is 2.40. The first-order chi connectivity index (χ1) is 9.70. The van der Waals surface area contributed by atoms with E-state index in [0.29, 0.717) is 0 Å². The summed E-state index contributed by atoms with van der Waals surface area (Å²) >= 11 is 11.9. The molecule has 0 amide bonds. The van der Waals surface area contributed by atoms with Crippen LogP contribution >= 0.6 is 23.2 Å². The Morgan fingerprint density at radius 1 is 1.29 bits per heavy atom. The number of hydrogen-bond donors (Lipinski definition) is 1. The van der Waals surface area contributed by atoms with E-state index in [4.69, 9.17) is 27.9 Å². The van der Waals surface area contributed by atoms with Crippen molar-refractivity contribution in [2.45, 2.75) is 43.7 Å². The number of carbonyl (C=O) groups excluding carboxylic acids is 1. The summed E-state index contributed by atoms with van der Waals surface area (Å²) in [5.74, 6) is -0.686. The molecule has 1 saturated carbocycles. The van der Waals surface area contributed by atoms with E-state index in [0.717, 1.165) is 18.9 Å². The third-order valence-electron chi connectivity index (χ3n) is 2.77. The van der Waals surface area contributed by atoms with E-state index in [1.54, 1.807) is 13.8 Å². The van der Waals surface area contributed by atoms with Crippen molar-refractivity contribution in [2.24, 2.45) is 0 Å². The van der Waals surface area contributed by atoms with Crippen LogP contribution in [0.5, 0.6) is 0 Å². The number of nitrogens with one attached hydrogen (secondary N) is 1. The van der Waals surface area contributed by atoms with Gasteiger partial charge in [-0.05, 0) is 38.8 Å². The van der Waals surface area contributed by atoms with Crippen LogP contribution in [0.2, 0.25) is 10.0 Å². The zero-order chi connectivity index (χ0) is 15.8. The molecule has 1 aromatic carbocycles. The molecule has 1 aliphatic rings. The van der Waals surface area contributed by atoms with Crippen LogP contribution in [0.4, 0.5) is 0 Å². The molecule has 0 aliphatic heterocycles. The molecule has 0 bridgehead atoms. The van der Waals surface area contributed by atoms with E-state index in [1.807, 2.05) is 0 Å². The third kappa shape index (κ3) is 4.10. The highest BCUT2D eigenvalue weighted by Crippen LogP contribution is 2.31. The van der Waals surface area contributed by atoms with Crippen molar-refractivity contribution in [1.82, 2.24) is 4.72 Å². The molecule has 1 aromatic rings. The Bertz CT molecular complexity index is 669. The maximum absolute atomic E-state index is 12.2. The van der Waals surface area contributed by atoms with Crippen LogP contribution in [0.15, 0.2) is 17.0 Å². The molecular formula is C13H15Cl2NO4S. The van der Waals surface area contributed by atoms with Gasteiger partial charge in [-0.15, -0.1) is 0 Å². The Hall–Kier alpha value is -0.820. The molecular weight excluding hydrogens is 337 g/mol. The summed E-state index contributed by atoms with van der Waals surface area (Å²) in [6, 6.07) is 2.33. The summed E-state index contributed by atoms with van der Waals surface area (Å²) < 4.78 is 32.0. The molecule has 8 heteroatoms. The summed E-state index contributed by atoms with van der Waals surface area (Å²) in [5, 5.41) is 0.0188. The van der Waals surface area contributed by atoms with E-state index in [1.165, 1.54) is 6.07 Å². The second-order valence-electron chi connectivity index (χ2n) is 5.11. The van der Waals surface area contributed by atoms with E-state index in [-0.39, 0.29) is 32.7 Å².